The largest absolute Gasteiger partial charge is 0.352 e. The van der Waals surface area contributed by atoms with Crippen molar-refractivity contribution in [2.45, 2.75) is 26.8 Å². The lowest BCUT2D eigenvalue weighted by atomic mass is 9.61. The zero-order valence-electron chi connectivity index (χ0n) is 11.1. The van der Waals surface area contributed by atoms with E-state index in [9.17, 15) is 4.79 Å². The van der Waals surface area contributed by atoms with Gasteiger partial charge < -0.3 is 15.1 Å². The Kier molecular flexibility index (Phi) is 2.33. The van der Waals surface area contributed by atoms with Gasteiger partial charge in [0, 0.05) is 63.1 Å². The predicted molar refractivity (Wildman–Crippen MR) is 66.7 cm³/mol. The number of nitrogens with one attached hydrogen (secondary N) is 1. The summed E-state index contributed by atoms with van der Waals surface area (Å²) < 4.78 is 0. The summed E-state index contributed by atoms with van der Waals surface area (Å²) in [6.45, 7) is 13.2. The van der Waals surface area contributed by atoms with E-state index < -0.39 is 0 Å². The van der Waals surface area contributed by atoms with Gasteiger partial charge in [0.15, 0.2) is 0 Å². The summed E-state index contributed by atoms with van der Waals surface area (Å²) in [6.07, 6.45) is 0. The highest BCUT2D eigenvalue weighted by molar-refractivity contribution is 5.73. The standard InChI is InChI=1S/C13H23N3O/c1-10(17)14-11-12(2)6-15-4-5-16(7-12)9-13(11,3)8-15/h11H,4-9H2,1-3H3,(H,14,17). The Hall–Kier alpha value is -0.610. The van der Waals surface area contributed by atoms with Gasteiger partial charge in [0.1, 0.15) is 0 Å². The molecule has 0 aliphatic carbocycles. The molecule has 4 rings (SSSR count). The Morgan fingerprint density at radius 1 is 1.06 bits per heavy atom. The Labute approximate surface area is 103 Å². The average molecular weight is 237 g/mol. The fourth-order valence-electron chi connectivity index (χ4n) is 4.61. The lowest BCUT2D eigenvalue weighted by Crippen LogP contribution is -2.71. The van der Waals surface area contributed by atoms with Crippen LogP contribution in [0.3, 0.4) is 0 Å². The third kappa shape index (κ3) is 1.69. The van der Waals surface area contributed by atoms with Gasteiger partial charge in [-0.05, 0) is 0 Å². The molecule has 4 aliphatic heterocycles. The molecular formula is C13H23N3O. The molecule has 4 nitrogen and oxygen atoms in total. The molecule has 17 heavy (non-hydrogen) atoms. The van der Waals surface area contributed by atoms with Crippen molar-refractivity contribution >= 4 is 5.91 Å². The molecule has 0 aromatic carbocycles. The molecule has 0 saturated carbocycles. The maximum absolute atomic E-state index is 11.5. The number of carbonyl (C=O) groups is 1. The highest BCUT2D eigenvalue weighted by atomic mass is 16.1. The Morgan fingerprint density at radius 2 is 1.47 bits per heavy atom. The molecule has 0 radical (unpaired) electrons. The first-order valence-electron chi connectivity index (χ1n) is 6.63. The Morgan fingerprint density at radius 3 is 1.82 bits per heavy atom. The molecule has 4 saturated heterocycles. The molecule has 4 heteroatoms. The fourth-order valence-corrected chi connectivity index (χ4v) is 4.61. The maximum atomic E-state index is 11.5. The number of rotatable bonds is 1. The normalized spacial score (nSPS) is 52.3. The second kappa shape index (κ2) is 3.45. The summed E-state index contributed by atoms with van der Waals surface area (Å²) in [5.74, 6) is 0.119. The van der Waals surface area contributed by atoms with Crippen molar-refractivity contribution in [1.82, 2.24) is 15.1 Å². The second-order valence-electron chi connectivity index (χ2n) is 6.86. The predicted octanol–water partition coefficient (Wildman–Crippen LogP) is 0.149. The highest BCUT2D eigenvalue weighted by Crippen LogP contribution is 2.47. The van der Waals surface area contributed by atoms with Gasteiger partial charge in [-0.2, -0.15) is 0 Å². The lowest BCUT2D eigenvalue weighted by molar-refractivity contribution is -0.128. The van der Waals surface area contributed by atoms with E-state index in [1.807, 2.05) is 0 Å². The van der Waals surface area contributed by atoms with Crippen LogP contribution >= 0.6 is 0 Å². The van der Waals surface area contributed by atoms with Gasteiger partial charge in [0.05, 0.1) is 0 Å². The third-order valence-electron chi connectivity index (χ3n) is 4.81. The van der Waals surface area contributed by atoms with Gasteiger partial charge in [-0.25, -0.2) is 0 Å². The van der Waals surface area contributed by atoms with Crippen LogP contribution in [0.5, 0.6) is 0 Å². The molecule has 0 atom stereocenters. The summed E-state index contributed by atoms with van der Waals surface area (Å²) in [5.41, 5.74) is 0.431. The third-order valence-corrected chi connectivity index (χ3v) is 4.81. The molecule has 0 aromatic heterocycles. The van der Waals surface area contributed by atoms with Crippen molar-refractivity contribution < 1.29 is 4.79 Å². The van der Waals surface area contributed by atoms with Crippen molar-refractivity contribution in [3.05, 3.63) is 0 Å². The summed E-state index contributed by atoms with van der Waals surface area (Å²) >= 11 is 0. The summed E-state index contributed by atoms with van der Waals surface area (Å²) in [6, 6.07) is 0.332. The van der Waals surface area contributed by atoms with E-state index in [0.717, 1.165) is 26.2 Å². The topological polar surface area (TPSA) is 35.6 Å². The van der Waals surface area contributed by atoms with Crippen LogP contribution in [0, 0.1) is 10.8 Å². The minimum absolute atomic E-state index is 0.119. The number of hydrogen-bond acceptors (Lipinski definition) is 3. The number of fused-ring (bicyclic) bond motifs is 1. The molecule has 4 heterocycles. The van der Waals surface area contributed by atoms with Crippen molar-refractivity contribution in [2.24, 2.45) is 10.8 Å². The van der Waals surface area contributed by atoms with E-state index in [1.54, 1.807) is 6.92 Å². The minimum Gasteiger partial charge on any atom is -0.352 e. The first-order valence-corrected chi connectivity index (χ1v) is 6.63. The van der Waals surface area contributed by atoms with E-state index in [2.05, 4.69) is 29.0 Å². The second-order valence-corrected chi connectivity index (χ2v) is 6.86. The van der Waals surface area contributed by atoms with Crippen LogP contribution in [-0.2, 0) is 4.79 Å². The number of amides is 1. The van der Waals surface area contributed by atoms with Gasteiger partial charge in [-0.15, -0.1) is 0 Å². The zero-order chi connectivity index (χ0) is 12.3. The van der Waals surface area contributed by atoms with Gasteiger partial charge in [0.2, 0.25) is 5.91 Å². The Balaban J connectivity index is 1.97. The van der Waals surface area contributed by atoms with Crippen LogP contribution in [0.2, 0.25) is 0 Å². The maximum Gasteiger partial charge on any atom is 0.217 e. The van der Waals surface area contributed by atoms with Gasteiger partial charge in [0.25, 0.3) is 0 Å². The zero-order valence-corrected chi connectivity index (χ0v) is 11.1. The molecular weight excluding hydrogens is 214 g/mol. The van der Waals surface area contributed by atoms with Crippen LogP contribution in [-0.4, -0.2) is 61.0 Å². The molecule has 0 unspecified atom stereocenters. The van der Waals surface area contributed by atoms with Crippen LogP contribution in [0.25, 0.3) is 0 Å². The van der Waals surface area contributed by atoms with E-state index in [4.69, 9.17) is 0 Å². The van der Waals surface area contributed by atoms with E-state index >= 15 is 0 Å². The van der Waals surface area contributed by atoms with Crippen LogP contribution in [0.15, 0.2) is 0 Å². The number of piperidine rings is 2. The molecule has 96 valence electrons. The van der Waals surface area contributed by atoms with E-state index in [-0.39, 0.29) is 16.7 Å². The van der Waals surface area contributed by atoms with Crippen LogP contribution in [0.1, 0.15) is 20.8 Å². The molecule has 4 aliphatic rings. The fraction of sp³-hybridized carbons (Fsp3) is 0.923. The quantitative estimate of drug-likeness (QED) is 0.705. The highest BCUT2D eigenvalue weighted by Gasteiger charge is 2.57. The smallest absolute Gasteiger partial charge is 0.217 e. The van der Waals surface area contributed by atoms with E-state index in [0.29, 0.717) is 6.04 Å². The lowest BCUT2D eigenvalue weighted by Gasteiger charge is -2.59. The first-order chi connectivity index (χ1) is 7.91. The van der Waals surface area contributed by atoms with Crippen molar-refractivity contribution in [1.29, 1.82) is 0 Å². The summed E-state index contributed by atoms with van der Waals surface area (Å²) in [7, 11) is 0. The van der Waals surface area contributed by atoms with Gasteiger partial charge in [-0.3, -0.25) is 4.79 Å². The molecule has 4 bridgehead atoms. The van der Waals surface area contributed by atoms with Crippen LogP contribution < -0.4 is 5.32 Å². The van der Waals surface area contributed by atoms with Gasteiger partial charge in [-0.1, -0.05) is 13.8 Å². The molecule has 4 fully saturated rings. The molecule has 0 spiro atoms. The van der Waals surface area contributed by atoms with E-state index in [1.165, 1.54) is 13.1 Å². The summed E-state index contributed by atoms with van der Waals surface area (Å²) in [4.78, 5) is 16.6. The molecule has 1 amide bonds. The summed E-state index contributed by atoms with van der Waals surface area (Å²) in [5, 5.41) is 3.24. The monoisotopic (exact) mass is 237 g/mol. The Bertz CT molecular complexity index is 317. The number of hydrogen-bond donors (Lipinski definition) is 1. The van der Waals surface area contributed by atoms with Crippen molar-refractivity contribution in [3.8, 4) is 0 Å². The minimum atomic E-state index is 0.119. The average Bonchev–Trinajstić information content (AvgIpc) is 2.38. The van der Waals surface area contributed by atoms with Gasteiger partial charge >= 0.3 is 0 Å². The number of nitrogens with zero attached hydrogens (tertiary/aromatic N) is 2. The molecule has 1 N–H and O–H groups in total. The molecule has 0 aromatic rings. The SMILES string of the molecule is CC(=O)NC1C2(C)CN3CCN(C2)CC1(C)C3. The first kappa shape index (κ1) is 11.5. The van der Waals surface area contributed by atoms with Crippen molar-refractivity contribution in [2.75, 3.05) is 39.3 Å². The van der Waals surface area contributed by atoms with Crippen molar-refractivity contribution in [3.63, 3.8) is 0 Å². The van der Waals surface area contributed by atoms with Crippen LogP contribution in [0.4, 0.5) is 0 Å². The number of carbonyl (C=O) groups excluding carboxylic acids is 1.